The van der Waals surface area contributed by atoms with Crippen molar-refractivity contribution in [1.82, 2.24) is 10.6 Å². The van der Waals surface area contributed by atoms with Crippen molar-refractivity contribution < 1.29 is 9.59 Å². The Labute approximate surface area is 98.2 Å². The molecule has 16 heavy (non-hydrogen) atoms. The van der Waals surface area contributed by atoms with Crippen LogP contribution in [0.25, 0.3) is 0 Å². The molecule has 0 aliphatic rings. The Hall–Kier alpha value is -1.06. The van der Waals surface area contributed by atoms with Crippen LogP contribution in [-0.4, -0.2) is 22.9 Å². The van der Waals surface area contributed by atoms with Crippen molar-refractivity contribution >= 4 is 11.8 Å². The monoisotopic (exact) mass is 228 g/mol. The summed E-state index contributed by atoms with van der Waals surface area (Å²) >= 11 is 0. The second-order valence-corrected chi connectivity index (χ2v) is 5.53. The van der Waals surface area contributed by atoms with Gasteiger partial charge in [0.05, 0.1) is 0 Å². The van der Waals surface area contributed by atoms with Crippen LogP contribution < -0.4 is 10.6 Å². The van der Waals surface area contributed by atoms with Gasteiger partial charge in [-0.15, -0.1) is 0 Å². The Kier molecular flexibility index (Phi) is 4.97. The normalized spacial score (nSPS) is 12.1. The van der Waals surface area contributed by atoms with Gasteiger partial charge in [0.2, 0.25) is 11.8 Å². The van der Waals surface area contributed by atoms with Crippen molar-refractivity contribution in [2.45, 2.75) is 65.5 Å². The van der Waals surface area contributed by atoms with Crippen molar-refractivity contribution in [3.05, 3.63) is 0 Å². The van der Waals surface area contributed by atoms with E-state index < -0.39 is 5.54 Å². The third kappa shape index (κ3) is 6.43. The predicted molar refractivity (Wildman–Crippen MR) is 65.0 cm³/mol. The van der Waals surface area contributed by atoms with E-state index in [0.717, 1.165) is 6.42 Å². The van der Waals surface area contributed by atoms with Crippen molar-refractivity contribution in [1.29, 1.82) is 0 Å². The van der Waals surface area contributed by atoms with E-state index in [9.17, 15) is 9.59 Å². The van der Waals surface area contributed by atoms with Gasteiger partial charge in [0.25, 0.3) is 0 Å². The maximum atomic E-state index is 11.8. The summed E-state index contributed by atoms with van der Waals surface area (Å²) in [4.78, 5) is 22.7. The van der Waals surface area contributed by atoms with E-state index in [4.69, 9.17) is 0 Å². The Morgan fingerprint density at radius 3 is 1.88 bits per heavy atom. The Morgan fingerprint density at radius 1 is 1.00 bits per heavy atom. The molecule has 0 rings (SSSR count). The number of hydrogen-bond donors (Lipinski definition) is 2. The number of amides is 2. The lowest BCUT2D eigenvalue weighted by atomic mass is 9.97. The lowest BCUT2D eigenvalue weighted by molar-refractivity contribution is -0.125. The predicted octanol–water partition coefficient (Wildman–Crippen LogP) is 1.60. The summed E-state index contributed by atoms with van der Waals surface area (Å²) in [7, 11) is 0. The number of nitrogens with one attached hydrogen (secondary N) is 2. The first-order chi connectivity index (χ1) is 7.08. The maximum absolute atomic E-state index is 11.8. The molecule has 0 saturated heterocycles. The molecule has 0 atom stereocenters. The van der Waals surface area contributed by atoms with Crippen LogP contribution in [0.2, 0.25) is 0 Å². The topological polar surface area (TPSA) is 58.2 Å². The zero-order valence-corrected chi connectivity index (χ0v) is 11.2. The quantitative estimate of drug-likeness (QED) is 0.751. The summed E-state index contributed by atoms with van der Waals surface area (Å²) in [6, 6.07) is 0. The van der Waals surface area contributed by atoms with Gasteiger partial charge in [-0.05, 0) is 34.1 Å². The van der Waals surface area contributed by atoms with Crippen molar-refractivity contribution in [3.8, 4) is 0 Å². The molecule has 2 amide bonds. The highest BCUT2D eigenvalue weighted by atomic mass is 16.2. The van der Waals surface area contributed by atoms with Crippen LogP contribution in [0.5, 0.6) is 0 Å². The summed E-state index contributed by atoms with van der Waals surface area (Å²) in [5.74, 6) is -0.154. The van der Waals surface area contributed by atoms with Gasteiger partial charge >= 0.3 is 0 Å². The van der Waals surface area contributed by atoms with Gasteiger partial charge in [0.1, 0.15) is 0 Å². The van der Waals surface area contributed by atoms with E-state index in [1.54, 1.807) is 0 Å². The highest BCUT2D eigenvalue weighted by Crippen LogP contribution is 2.12. The molecule has 4 heteroatoms. The molecule has 0 spiro atoms. The molecule has 0 aliphatic carbocycles. The zero-order valence-electron chi connectivity index (χ0n) is 11.2. The molecule has 0 aromatic rings. The molecule has 0 unspecified atom stereocenters. The first-order valence-corrected chi connectivity index (χ1v) is 5.68. The van der Waals surface area contributed by atoms with Crippen LogP contribution >= 0.6 is 0 Å². The van der Waals surface area contributed by atoms with Crippen LogP contribution in [0.4, 0.5) is 0 Å². The molecule has 94 valence electrons. The van der Waals surface area contributed by atoms with E-state index >= 15 is 0 Å². The summed E-state index contributed by atoms with van der Waals surface area (Å²) in [5.41, 5.74) is -0.691. The molecule has 0 saturated carbocycles. The lowest BCUT2D eigenvalue weighted by Gasteiger charge is -2.29. The minimum absolute atomic E-state index is 0.0365. The average Bonchev–Trinajstić information content (AvgIpc) is 1.98. The molecule has 0 fully saturated rings. The summed E-state index contributed by atoms with van der Waals surface area (Å²) < 4.78 is 0. The van der Waals surface area contributed by atoms with E-state index in [2.05, 4.69) is 10.6 Å². The van der Waals surface area contributed by atoms with Crippen molar-refractivity contribution in [2.24, 2.45) is 0 Å². The third-order valence-corrected chi connectivity index (χ3v) is 2.48. The van der Waals surface area contributed by atoms with Crippen LogP contribution in [0, 0.1) is 0 Å². The van der Waals surface area contributed by atoms with Crippen LogP contribution in [0.15, 0.2) is 0 Å². The second-order valence-electron chi connectivity index (χ2n) is 5.53. The molecule has 0 radical (unpaired) electrons. The van der Waals surface area contributed by atoms with E-state index in [0.29, 0.717) is 0 Å². The largest absolute Gasteiger partial charge is 0.351 e. The van der Waals surface area contributed by atoms with E-state index in [1.165, 1.54) is 6.92 Å². The van der Waals surface area contributed by atoms with Crippen LogP contribution in [-0.2, 0) is 9.59 Å². The Bertz CT molecular complexity index is 270. The summed E-state index contributed by atoms with van der Waals surface area (Å²) in [5, 5.41) is 5.70. The molecule has 4 nitrogen and oxygen atoms in total. The van der Waals surface area contributed by atoms with Gasteiger partial charge in [-0.25, -0.2) is 0 Å². The standard InChI is InChI=1S/C12H24N2O2/c1-7-11(3,4)14-10(16)8-12(5,6)13-9(2)15/h7-8H2,1-6H3,(H,13,15)(H,14,16). The van der Waals surface area contributed by atoms with Crippen LogP contribution in [0.3, 0.4) is 0 Å². The van der Waals surface area contributed by atoms with Gasteiger partial charge in [0.15, 0.2) is 0 Å². The Balaban J connectivity index is 4.29. The number of carbonyl (C=O) groups is 2. The van der Waals surface area contributed by atoms with Crippen LogP contribution in [0.1, 0.15) is 54.4 Å². The zero-order chi connectivity index (χ0) is 13.0. The molecular formula is C12H24N2O2. The summed E-state index contributed by atoms with van der Waals surface area (Å²) in [6.07, 6.45) is 1.16. The number of carbonyl (C=O) groups excluding carboxylic acids is 2. The molecule has 0 aliphatic heterocycles. The van der Waals surface area contributed by atoms with Gasteiger partial charge in [-0.2, -0.15) is 0 Å². The minimum atomic E-state index is -0.500. The number of rotatable bonds is 5. The summed E-state index contributed by atoms with van der Waals surface area (Å²) in [6.45, 7) is 11.1. The second kappa shape index (κ2) is 5.32. The van der Waals surface area contributed by atoms with Gasteiger partial charge in [-0.1, -0.05) is 6.92 Å². The van der Waals surface area contributed by atoms with Crippen molar-refractivity contribution in [3.63, 3.8) is 0 Å². The SMILES string of the molecule is CCC(C)(C)NC(=O)CC(C)(C)NC(C)=O. The fraction of sp³-hybridized carbons (Fsp3) is 0.833. The Morgan fingerprint density at radius 2 is 1.50 bits per heavy atom. The molecule has 2 N–H and O–H groups in total. The highest BCUT2D eigenvalue weighted by Gasteiger charge is 2.25. The molecule has 0 aromatic heterocycles. The first-order valence-electron chi connectivity index (χ1n) is 5.68. The van der Waals surface area contributed by atoms with Gasteiger partial charge < -0.3 is 10.6 Å². The van der Waals surface area contributed by atoms with Gasteiger partial charge in [0, 0.05) is 24.4 Å². The van der Waals surface area contributed by atoms with E-state index in [1.807, 2.05) is 34.6 Å². The molecular weight excluding hydrogens is 204 g/mol. The van der Waals surface area contributed by atoms with Gasteiger partial charge in [-0.3, -0.25) is 9.59 Å². The smallest absolute Gasteiger partial charge is 0.222 e. The van der Waals surface area contributed by atoms with E-state index in [-0.39, 0.29) is 23.8 Å². The maximum Gasteiger partial charge on any atom is 0.222 e. The highest BCUT2D eigenvalue weighted by molar-refractivity contribution is 5.80. The third-order valence-electron chi connectivity index (χ3n) is 2.48. The molecule has 0 aromatic carbocycles. The van der Waals surface area contributed by atoms with Crippen molar-refractivity contribution in [2.75, 3.05) is 0 Å². The first kappa shape index (κ1) is 14.9. The minimum Gasteiger partial charge on any atom is -0.351 e. The molecule has 0 bridgehead atoms. The fourth-order valence-corrected chi connectivity index (χ4v) is 1.43. The molecule has 0 heterocycles. The number of hydrogen-bond acceptors (Lipinski definition) is 2. The fourth-order valence-electron chi connectivity index (χ4n) is 1.43. The lowest BCUT2D eigenvalue weighted by Crippen LogP contribution is -2.49. The average molecular weight is 228 g/mol.